The Balaban J connectivity index is 1.49. The number of nitrogens with zero attached hydrogens (tertiary/aromatic N) is 3. The van der Waals surface area contributed by atoms with E-state index in [9.17, 15) is 18.3 Å². The molecule has 2 N–H and O–H groups in total. The Hall–Kier alpha value is -2.72. The molecule has 32 heavy (non-hydrogen) atoms. The van der Waals surface area contributed by atoms with Crippen molar-refractivity contribution in [2.75, 3.05) is 32.7 Å². The highest BCUT2D eigenvalue weighted by Gasteiger charge is 2.29. The molecule has 10 heteroatoms. The van der Waals surface area contributed by atoms with Gasteiger partial charge in [-0.1, -0.05) is 29.8 Å². The first kappa shape index (κ1) is 23.9. The number of para-hydroxylation sites is 1. The van der Waals surface area contributed by atoms with Crippen LogP contribution in [0.25, 0.3) is 0 Å². The standard InChI is InChI=1S/C22H25ClN4O4S/c1-2-4-17-5-3-6-18(22(17)29)15-24-25-21(28)16-26-11-13-27(14-12-26)32(30,31)20-9-7-19(23)8-10-20/h2-3,5-10,15,29H,1,4,11-14,16H2,(H,25,28)/b24-15+. The monoisotopic (exact) mass is 476 g/mol. The van der Waals surface area contributed by atoms with Gasteiger partial charge in [0.2, 0.25) is 10.0 Å². The van der Waals surface area contributed by atoms with Crippen LogP contribution in [0, 0.1) is 0 Å². The maximum atomic E-state index is 12.7. The predicted molar refractivity (Wildman–Crippen MR) is 124 cm³/mol. The van der Waals surface area contributed by atoms with Crippen LogP contribution in [0.2, 0.25) is 5.02 Å². The van der Waals surface area contributed by atoms with E-state index in [2.05, 4.69) is 17.1 Å². The van der Waals surface area contributed by atoms with Crippen LogP contribution in [0.1, 0.15) is 11.1 Å². The lowest BCUT2D eigenvalue weighted by Gasteiger charge is -2.33. The third-order valence-corrected chi connectivity index (χ3v) is 7.22. The second kappa shape index (κ2) is 10.7. The van der Waals surface area contributed by atoms with Gasteiger partial charge in [0.25, 0.3) is 5.91 Å². The number of phenolic OH excluding ortho intramolecular Hbond substituents is 1. The van der Waals surface area contributed by atoms with Gasteiger partial charge in [0.15, 0.2) is 0 Å². The lowest BCUT2D eigenvalue weighted by Crippen LogP contribution is -2.50. The highest BCUT2D eigenvalue weighted by Crippen LogP contribution is 2.22. The van der Waals surface area contributed by atoms with Crippen LogP contribution in [0.15, 0.2) is 65.1 Å². The zero-order valence-electron chi connectivity index (χ0n) is 17.4. The van der Waals surface area contributed by atoms with Gasteiger partial charge in [-0.3, -0.25) is 9.69 Å². The molecule has 1 aliphatic heterocycles. The molecule has 8 nitrogen and oxygen atoms in total. The Morgan fingerprint density at radius 1 is 1.16 bits per heavy atom. The molecule has 0 bridgehead atoms. The molecule has 2 aromatic carbocycles. The number of benzene rings is 2. The molecule has 1 saturated heterocycles. The average molecular weight is 477 g/mol. The fourth-order valence-electron chi connectivity index (χ4n) is 3.33. The number of amides is 1. The fraction of sp³-hybridized carbons (Fsp3) is 0.273. The number of hydrogen-bond acceptors (Lipinski definition) is 6. The number of nitrogens with one attached hydrogen (secondary N) is 1. The van der Waals surface area contributed by atoms with Gasteiger partial charge >= 0.3 is 0 Å². The van der Waals surface area contributed by atoms with E-state index >= 15 is 0 Å². The van der Waals surface area contributed by atoms with Crippen LogP contribution >= 0.6 is 11.6 Å². The number of carbonyl (C=O) groups is 1. The second-order valence-electron chi connectivity index (χ2n) is 7.28. The summed E-state index contributed by atoms with van der Waals surface area (Å²) in [5, 5.41) is 14.6. The van der Waals surface area contributed by atoms with Crippen molar-refractivity contribution in [1.82, 2.24) is 14.6 Å². The van der Waals surface area contributed by atoms with Gasteiger partial charge in [-0.05, 0) is 42.3 Å². The number of piperazine rings is 1. The molecular formula is C22H25ClN4O4S. The van der Waals surface area contributed by atoms with Gasteiger partial charge in [0.05, 0.1) is 17.7 Å². The molecule has 2 aromatic rings. The molecule has 0 radical (unpaired) electrons. The minimum atomic E-state index is -3.59. The SMILES string of the molecule is C=CCc1cccc(/C=N/NC(=O)CN2CCN(S(=O)(=O)c3ccc(Cl)cc3)CC2)c1O. The van der Waals surface area contributed by atoms with Gasteiger partial charge in [-0.15, -0.1) is 6.58 Å². The number of rotatable bonds is 8. The average Bonchev–Trinajstić information content (AvgIpc) is 2.77. The first-order valence-electron chi connectivity index (χ1n) is 10.0. The zero-order valence-corrected chi connectivity index (χ0v) is 19.0. The maximum absolute atomic E-state index is 12.7. The van der Waals surface area contributed by atoms with Crippen molar-refractivity contribution < 1.29 is 18.3 Å². The van der Waals surface area contributed by atoms with Gasteiger partial charge < -0.3 is 5.11 Å². The quantitative estimate of drug-likeness (QED) is 0.345. The number of hydrazone groups is 1. The molecule has 1 fully saturated rings. The van der Waals surface area contributed by atoms with Gasteiger partial charge in [-0.25, -0.2) is 13.8 Å². The Morgan fingerprint density at radius 2 is 1.84 bits per heavy atom. The normalized spacial score (nSPS) is 15.7. The maximum Gasteiger partial charge on any atom is 0.254 e. The largest absolute Gasteiger partial charge is 0.507 e. The minimum absolute atomic E-state index is 0.0919. The predicted octanol–water partition coefficient (Wildman–Crippen LogP) is 2.23. The summed E-state index contributed by atoms with van der Waals surface area (Å²) in [4.78, 5) is 14.3. The van der Waals surface area contributed by atoms with E-state index in [1.54, 1.807) is 36.4 Å². The van der Waals surface area contributed by atoms with Crippen molar-refractivity contribution in [1.29, 1.82) is 0 Å². The van der Waals surface area contributed by atoms with Crippen LogP contribution < -0.4 is 5.43 Å². The van der Waals surface area contributed by atoms with E-state index in [4.69, 9.17) is 11.6 Å². The third kappa shape index (κ3) is 5.95. The minimum Gasteiger partial charge on any atom is -0.507 e. The van der Waals surface area contributed by atoms with Crippen molar-refractivity contribution >= 4 is 33.7 Å². The number of phenols is 1. The Morgan fingerprint density at radius 3 is 2.50 bits per heavy atom. The van der Waals surface area contributed by atoms with Crippen molar-refractivity contribution in [2.24, 2.45) is 5.10 Å². The zero-order chi connectivity index (χ0) is 23.1. The molecule has 170 valence electrons. The van der Waals surface area contributed by atoms with E-state index in [1.165, 1.54) is 22.7 Å². The van der Waals surface area contributed by atoms with E-state index in [-0.39, 0.29) is 36.2 Å². The molecule has 0 saturated carbocycles. The Kier molecular flexibility index (Phi) is 8.03. The molecule has 0 aliphatic carbocycles. The van der Waals surface area contributed by atoms with Crippen LogP contribution in [0.4, 0.5) is 0 Å². The van der Waals surface area contributed by atoms with Crippen molar-refractivity contribution in [2.45, 2.75) is 11.3 Å². The number of carbonyl (C=O) groups excluding carboxylic acids is 1. The summed E-state index contributed by atoms with van der Waals surface area (Å²) in [6, 6.07) is 11.3. The number of sulfonamides is 1. The van der Waals surface area contributed by atoms with Crippen LogP contribution in [-0.2, 0) is 21.2 Å². The van der Waals surface area contributed by atoms with E-state index in [0.29, 0.717) is 30.1 Å². The molecule has 3 rings (SSSR count). The summed E-state index contributed by atoms with van der Waals surface area (Å²) in [6.45, 7) is 5.16. The number of aromatic hydroxyl groups is 1. The van der Waals surface area contributed by atoms with Gasteiger partial charge in [0, 0.05) is 36.8 Å². The summed E-state index contributed by atoms with van der Waals surface area (Å²) in [5.41, 5.74) is 3.66. The Bertz CT molecular complexity index is 1100. The molecule has 1 amide bonds. The van der Waals surface area contributed by atoms with Crippen LogP contribution in [0.5, 0.6) is 5.75 Å². The smallest absolute Gasteiger partial charge is 0.254 e. The van der Waals surface area contributed by atoms with Crippen LogP contribution in [-0.4, -0.2) is 67.6 Å². The lowest BCUT2D eigenvalue weighted by atomic mass is 10.1. The van der Waals surface area contributed by atoms with E-state index < -0.39 is 10.0 Å². The molecule has 0 spiro atoms. The van der Waals surface area contributed by atoms with Crippen molar-refractivity contribution in [3.63, 3.8) is 0 Å². The Labute approximate surface area is 192 Å². The summed E-state index contributed by atoms with van der Waals surface area (Å²) < 4.78 is 26.9. The highest BCUT2D eigenvalue weighted by molar-refractivity contribution is 7.89. The molecular weight excluding hydrogens is 452 g/mol. The number of halogens is 1. The van der Waals surface area contributed by atoms with Gasteiger partial charge in [-0.2, -0.15) is 9.41 Å². The molecule has 1 heterocycles. The van der Waals surface area contributed by atoms with Crippen molar-refractivity contribution in [3.05, 3.63) is 71.3 Å². The summed E-state index contributed by atoms with van der Waals surface area (Å²) >= 11 is 5.83. The van der Waals surface area contributed by atoms with Crippen molar-refractivity contribution in [3.8, 4) is 5.75 Å². The lowest BCUT2D eigenvalue weighted by molar-refractivity contribution is -0.122. The molecule has 0 atom stereocenters. The third-order valence-electron chi connectivity index (χ3n) is 5.06. The van der Waals surface area contributed by atoms with Crippen LogP contribution in [0.3, 0.4) is 0 Å². The fourth-order valence-corrected chi connectivity index (χ4v) is 4.88. The number of allylic oxidation sites excluding steroid dienone is 1. The first-order chi connectivity index (χ1) is 15.3. The summed E-state index contributed by atoms with van der Waals surface area (Å²) in [7, 11) is -3.59. The molecule has 0 aromatic heterocycles. The summed E-state index contributed by atoms with van der Waals surface area (Å²) in [5.74, 6) is -0.222. The topological polar surface area (TPSA) is 102 Å². The van der Waals surface area contributed by atoms with E-state index in [0.717, 1.165) is 5.56 Å². The summed E-state index contributed by atoms with van der Waals surface area (Å²) in [6.07, 6.45) is 3.61. The molecule has 1 aliphatic rings. The van der Waals surface area contributed by atoms with E-state index in [1.807, 2.05) is 4.90 Å². The number of hydrogen-bond donors (Lipinski definition) is 2. The second-order valence-corrected chi connectivity index (χ2v) is 9.65. The van der Waals surface area contributed by atoms with Gasteiger partial charge in [0.1, 0.15) is 5.75 Å². The highest BCUT2D eigenvalue weighted by atomic mass is 35.5. The molecule has 0 unspecified atom stereocenters. The first-order valence-corrected chi connectivity index (χ1v) is 11.8.